The van der Waals surface area contributed by atoms with Crippen molar-refractivity contribution in [2.24, 2.45) is 0 Å². The fourth-order valence-corrected chi connectivity index (χ4v) is 2.79. The van der Waals surface area contributed by atoms with E-state index in [2.05, 4.69) is 75.6 Å². The van der Waals surface area contributed by atoms with E-state index in [9.17, 15) is 0 Å². The number of para-hydroxylation sites is 1. The maximum absolute atomic E-state index is 3.50. The number of anilines is 1. The summed E-state index contributed by atoms with van der Waals surface area (Å²) in [5.74, 6) is 0. The number of rotatable bonds is 3. The van der Waals surface area contributed by atoms with Crippen molar-refractivity contribution in [3.8, 4) is 0 Å². The summed E-state index contributed by atoms with van der Waals surface area (Å²) in [5.41, 5.74) is 4.91. The number of halogens is 1. The van der Waals surface area contributed by atoms with E-state index in [1.165, 1.54) is 27.7 Å². The molecule has 1 aromatic heterocycles. The molecule has 3 aromatic rings. The molecule has 96 valence electrons. The van der Waals surface area contributed by atoms with Gasteiger partial charge in [-0.25, -0.2) is 0 Å². The van der Waals surface area contributed by atoms with Crippen molar-refractivity contribution < 1.29 is 0 Å². The molecule has 0 aliphatic carbocycles. The summed E-state index contributed by atoms with van der Waals surface area (Å²) in [4.78, 5) is 3.30. The molecule has 0 saturated heterocycles. The van der Waals surface area contributed by atoms with Crippen molar-refractivity contribution in [1.29, 1.82) is 0 Å². The standard InChI is InChI=1S/C16H15BrN2/c1-11-9-14(17)5-6-15(11)19-10-13-4-2-3-12-7-8-18-16(12)13/h2-9,18-19H,10H2,1H3. The normalized spacial score (nSPS) is 10.8. The molecule has 0 aliphatic rings. The van der Waals surface area contributed by atoms with Gasteiger partial charge in [-0.1, -0.05) is 34.1 Å². The van der Waals surface area contributed by atoms with E-state index < -0.39 is 0 Å². The minimum absolute atomic E-state index is 0.820. The number of aryl methyl sites for hydroxylation is 1. The van der Waals surface area contributed by atoms with Gasteiger partial charge in [-0.2, -0.15) is 0 Å². The molecule has 19 heavy (non-hydrogen) atoms. The summed E-state index contributed by atoms with van der Waals surface area (Å²) in [6, 6.07) is 14.8. The third kappa shape index (κ3) is 2.51. The monoisotopic (exact) mass is 314 g/mol. The maximum atomic E-state index is 3.50. The Morgan fingerprint density at radius 1 is 1.16 bits per heavy atom. The summed E-state index contributed by atoms with van der Waals surface area (Å²) >= 11 is 3.49. The van der Waals surface area contributed by atoms with Gasteiger partial charge in [0.25, 0.3) is 0 Å². The average molecular weight is 315 g/mol. The first-order valence-corrected chi connectivity index (χ1v) is 7.08. The largest absolute Gasteiger partial charge is 0.381 e. The van der Waals surface area contributed by atoms with Crippen LogP contribution in [0.3, 0.4) is 0 Å². The molecule has 0 fully saturated rings. The zero-order chi connectivity index (χ0) is 13.2. The number of hydrogen-bond donors (Lipinski definition) is 2. The SMILES string of the molecule is Cc1cc(Br)ccc1NCc1cccc2cc[nH]c12. The second-order valence-corrected chi connectivity index (χ2v) is 5.59. The van der Waals surface area contributed by atoms with Gasteiger partial charge in [0.1, 0.15) is 0 Å². The van der Waals surface area contributed by atoms with Crippen molar-refractivity contribution in [2.75, 3.05) is 5.32 Å². The molecule has 1 heterocycles. The second-order valence-electron chi connectivity index (χ2n) is 4.67. The average Bonchev–Trinajstić information content (AvgIpc) is 2.86. The van der Waals surface area contributed by atoms with Crippen LogP contribution in [0.25, 0.3) is 10.9 Å². The molecule has 0 aliphatic heterocycles. The van der Waals surface area contributed by atoms with Crippen LogP contribution in [0.2, 0.25) is 0 Å². The molecule has 0 unspecified atom stereocenters. The Balaban J connectivity index is 1.84. The summed E-state index contributed by atoms with van der Waals surface area (Å²) in [6.45, 7) is 2.93. The molecule has 3 heteroatoms. The molecule has 2 N–H and O–H groups in total. The van der Waals surface area contributed by atoms with Crippen LogP contribution in [0.5, 0.6) is 0 Å². The molecule has 0 amide bonds. The van der Waals surface area contributed by atoms with E-state index in [4.69, 9.17) is 0 Å². The van der Waals surface area contributed by atoms with Crippen LogP contribution in [0, 0.1) is 6.92 Å². The minimum Gasteiger partial charge on any atom is -0.381 e. The molecule has 0 atom stereocenters. The van der Waals surface area contributed by atoms with Crippen molar-refractivity contribution in [2.45, 2.75) is 13.5 Å². The minimum atomic E-state index is 0.820. The van der Waals surface area contributed by atoms with Gasteiger partial charge in [0.05, 0.1) is 5.52 Å². The number of benzene rings is 2. The van der Waals surface area contributed by atoms with Gasteiger partial charge >= 0.3 is 0 Å². The van der Waals surface area contributed by atoms with Crippen LogP contribution in [0.15, 0.2) is 53.1 Å². The van der Waals surface area contributed by atoms with Gasteiger partial charge in [-0.15, -0.1) is 0 Å². The quantitative estimate of drug-likeness (QED) is 0.710. The van der Waals surface area contributed by atoms with Gasteiger partial charge in [-0.05, 0) is 47.7 Å². The van der Waals surface area contributed by atoms with E-state index in [0.717, 1.165) is 11.0 Å². The van der Waals surface area contributed by atoms with Crippen molar-refractivity contribution in [3.63, 3.8) is 0 Å². The third-order valence-electron chi connectivity index (χ3n) is 3.33. The lowest BCUT2D eigenvalue weighted by atomic mass is 10.1. The predicted octanol–water partition coefficient (Wildman–Crippen LogP) is 4.85. The topological polar surface area (TPSA) is 27.8 Å². The lowest BCUT2D eigenvalue weighted by Crippen LogP contribution is -2.01. The van der Waals surface area contributed by atoms with Crippen molar-refractivity contribution in [3.05, 3.63) is 64.3 Å². The highest BCUT2D eigenvalue weighted by atomic mass is 79.9. The van der Waals surface area contributed by atoms with Crippen LogP contribution in [-0.4, -0.2) is 4.98 Å². The van der Waals surface area contributed by atoms with Crippen LogP contribution in [0.4, 0.5) is 5.69 Å². The second kappa shape index (κ2) is 5.10. The fraction of sp³-hybridized carbons (Fsp3) is 0.125. The van der Waals surface area contributed by atoms with Crippen LogP contribution in [0.1, 0.15) is 11.1 Å². The summed E-state index contributed by atoms with van der Waals surface area (Å²) in [7, 11) is 0. The van der Waals surface area contributed by atoms with Gasteiger partial charge in [0.15, 0.2) is 0 Å². The van der Waals surface area contributed by atoms with E-state index in [0.29, 0.717) is 0 Å². The molecule has 0 spiro atoms. The van der Waals surface area contributed by atoms with E-state index in [1.54, 1.807) is 0 Å². The maximum Gasteiger partial charge on any atom is 0.0504 e. The molecule has 0 saturated carbocycles. The van der Waals surface area contributed by atoms with Crippen LogP contribution in [-0.2, 0) is 6.54 Å². The van der Waals surface area contributed by atoms with Crippen LogP contribution < -0.4 is 5.32 Å². The van der Waals surface area contributed by atoms with Gasteiger partial charge in [0.2, 0.25) is 0 Å². The number of hydrogen-bond acceptors (Lipinski definition) is 1. The fourth-order valence-electron chi connectivity index (χ4n) is 2.31. The summed E-state index contributed by atoms with van der Waals surface area (Å²) in [6.07, 6.45) is 1.99. The number of nitrogens with one attached hydrogen (secondary N) is 2. The third-order valence-corrected chi connectivity index (χ3v) is 3.82. The lowest BCUT2D eigenvalue weighted by molar-refractivity contribution is 1.15. The Kier molecular flexibility index (Phi) is 3.30. The molecular weight excluding hydrogens is 300 g/mol. The first-order chi connectivity index (χ1) is 9.24. The first-order valence-electron chi connectivity index (χ1n) is 6.29. The van der Waals surface area contributed by atoms with Crippen LogP contribution >= 0.6 is 15.9 Å². The highest BCUT2D eigenvalue weighted by molar-refractivity contribution is 9.10. The Morgan fingerprint density at radius 3 is 2.89 bits per heavy atom. The molecule has 0 bridgehead atoms. The molecule has 2 nitrogen and oxygen atoms in total. The Morgan fingerprint density at radius 2 is 2.05 bits per heavy atom. The van der Waals surface area contributed by atoms with Gasteiger partial charge in [-0.3, -0.25) is 0 Å². The number of aromatic nitrogens is 1. The van der Waals surface area contributed by atoms with E-state index in [-0.39, 0.29) is 0 Å². The van der Waals surface area contributed by atoms with Crippen molar-refractivity contribution >= 4 is 32.5 Å². The first kappa shape index (κ1) is 12.3. The lowest BCUT2D eigenvalue weighted by Gasteiger charge is -2.10. The summed E-state index contributed by atoms with van der Waals surface area (Å²) < 4.78 is 1.11. The molecular formula is C16H15BrN2. The van der Waals surface area contributed by atoms with E-state index in [1.807, 2.05) is 6.20 Å². The number of aromatic amines is 1. The van der Waals surface area contributed by atoms with E-state index >= 15 is 0 Å². The summed E-state index contributed by atoms with van der Waals surface area (Å²) in [5, 5.41) is 4.75. The Hall–Kier alpha value is -1.74. The molecule has 2 aromatic carbocycles. The molecule has 3 rings (SSSR count). The number of fused-ring (bicyclic) bond motifs is 1. The van der Waals surface area contributed by atoms with Gasteiger partial charge in [0, 0.05) is 22.9 Å². The smallest absolute Gasteiger partial charge is 0.0504 e. The number of H-pyrrole nitrogens is 1. The highest BCUT2D eigenvalue weighted by Crippen LogP contribution is 2.22. The molecule has 0 radical (unpaired) electrons. The Bertz CT molecular complexity index is 716. The zero-order valence-corrected chi connectivity index (χ0v) is 12.3. The van der Waals surface area contributed by atoms with Crippen molar-refractivity contribution in [1.82, 2.24) is 4.98 Å². The zero-order valence-electron chi connectivity index (χ0n) is 10.7. The predicted molar refractivity (Wildman–Crippen MR) is 84.5 cm³/mol. The Labute approximate surface area is 121 Å². The van der Waals surface area contributed by atoms with Gasteiger partial charge < -0.3 is 10.3 Å². The highest BCUT2D eigenvalue weighted by Gasteiger charge is 2.03.